The normalized spacial score (nSPS) is 14.3. The highest BCUT2D eigenvalue weighted by Gasteiger charge is 2.19. The third kappa shape index (κ3) is 2.35. The van der Waals surface area contributed by atoms with Crippen LogP contribution in [0.5, 0.6) is 0 Å². The molecule has 1 aliphatic carbocycles. The predicted octanol–water partition coefficient (Wildman–Crippen LogP) is 4.73. The van der Waals surface area contributed by atoms with Crippen LogP contribution in [0.1, 0.15) is 37.4 Å². The molecule has 0 saturated heterocycles. The lowest BCUT2D eigenvalue weighted by molar-refractivity contribution is 0.632. The summed E-state index contributed by atoms with van der Waals surface area (Å²) >= 11 is 6.02. The first-order chi connectivity index (χ1) is 9.70. The molecule has 1 heterocycles. The predicted molar refractivity (Wildman–Crippen MR) is 82.1 cm³/mol. The number of hydrogen-bond donors (Lipinski definition) is 1. The van der Waals surface area contributed by atoms with Crippen LogP contribution in [0.25, 0.3) is 10.9 Å². The van der Waals surface area contributed by atoms with E-state index in [9.17, 15) is 4.39 Å². The lowest BCUT2D eigenvalue weighted by Gasteiger charge is -2.21. The molecule has 2 nitrogen and oxygen atoms in total. The Kier molecular flexibility index (Phi) is 3.79. The molecular formula is C16H18ClFN2. The number of halogens is 2. The zero-order chi connectivity index (χ0) is 14.1. The molecule has 0 amide bonds. The Bertz CT molecular complexity index is 655. The highest BCUT2D eigenvalue weighted by atomic mass is 35.5. The van der Waals surface area contributed by atoms with Crippen LogP contribution in [0.3, 0.4) is 0 Å². The van der Waals surface area contributed by atoms with E-state index < -0.39 is 0 Å². The van der Waals surface area contributed by atoms with Crippen LogP contribution in [0.15, 0.2) is 12.1 Å². The molecule has 0 unspecified atom stereocenters. The summed E-state index contributed by atoms with van der Waals surface area (Å²) in [6.45, 7) is 3.00. The van der Waals surface area contributed by atoms with Gasteiger partial charge in [-0.05, 0) is 49.8 Å². The summed E-state index contributed by atoms with van der Waals surface area (Å²) < 4.78 is 14.1. The fourth-order valence-corrected chi connectivity index (χ4v) is 3.11. The molecule has 20 heavy (non-hydrogen) atoms. The van der Waals surface area contributed by atoms with Gasteiger partial charge < -0.3 is 5.32 Å². The molecule has 1 aromatic heterocycles. The minimum Gasteiger partial charge on any atom is -0.384 e. The Labute approximate surface area is 123 Å². The van der Waals surface area contributed by atoms with Crippen molar-refractivity contribution in [3.8, 4) is 0 Å². The first-order valence-corrected chi connectivity index (χ1v) is 7.63. The van der Waals surface area contributed by atoms with Gasteiger partial charge in [-0.25, -0.2) is 9.37 Å². The second-order valence-electron chi connectivity index (χ2n) is 5.33. The number of fused-ring (bicyclic) bond motifs is 2. The molecule has 0 fully saturated rings. The minimum absolute atomic E-state index is 0.333. The molecule has 1 aromatic carbocycles. The lowest BCUT2D eigenvalue weighted by Crippen LogP contribution is -2.12. The molecule has 3 rings (SSSR count). The topological polar surface area (TPSA) is 24.9 Å². The molecular weight excluding hydrogens is 275 g/mol. The van der Waals surface area contributed by atoms with E-state index in [0.717, 1.165) is 49.0 Å². The second kappa shape index (κ2) is 5.57. The molecule has 0 bridgehead atoms. The maximum absolute atomic E-state index is 14.1. The van der Waals surface area contributed by atoms with Gasteiger partial charge in [-0.15, -0.1) is 0 Å². The van der Waals surface area contributed by atoms with Crippen molar-refractivity contribution in [1.82, 2.24) is 4.98 Å². The minimum atomic E-state index is -0.333. The third-order valence-electron chi connectivity index (χ3n) is 3.84. The summed E-state index contributed by atoms with van der Waals surface area (Å²) in [4.78, 5) is 4.55. The Morgan fingerprint density at radius 3 is 2.90 bits per heavy atom. The van der Waals surface area contributed by atoms with Gasteiger partial charge >= 0.3 is 0 Å². The number of benzene rings is 1. The van der Waals surface area contributed by atoms with Crippen LogP contribution in [0, 0.1) is 5.82 Å². The summed E-state index contributed by atoms with van der Waals surface area (Å²) in [5.74, 6) is -0.333. The summed E-state index contributed by atoms with van der Waals surface area (Å²) in [5, 5.41) is 4.69. The standard InChI is InChI=1S/C16H18ClFN2/c1-2-7-19-15-11-5-3-4-6-14(11)20-16-12(15)8-10(17)9-13(16)18/h8-9H,2-7H2,1H3,(H,19,20). The van der Waals surface area contributed by atoms with Crippen molar-refractivity contribution in [1.29, 1.82) is 0 Å². The smallest absolute Gasteiger partial charge is 0.150 e. The van der Waals surface area contributed by atoms with Crippen LogP contribution in [-0.4, -0.2) is 11.5 Å². The van der Waals surface area contributed by atoms with Crippen molar-refractivity contribution in [3.63, 3.8) is 0 Å². The maximum Gasteiger partial charge on any atom is 0.150 e. The highest BCUT2D eigenvalue weighted by molar-refractivity contribution is 6.31. The molecule has 0 aliphatic heterocycles. The van der Waals surface area contributed by atoms with E-state index in [2.05, 4.69) is 17.2 Å². The quantitative estimate of drug-likeness (QED) is 0.885. The number of hydrogen-bond acceptors (Lipinski definition) is 2. The average Bonchev–Trinajstić information content (AvgIpc) is 2.44. The molecule has 106 valence electrons. The van der Waals surface area contributed by atoms with Crippen molar-refractivity contribution in [2.24, 2.45) is 0 Å². The monoisotopic (exact) mass is 292 g/mol. The Hall–Kier alpha value is -1.35. The third-order valence-corrected chi connectivity index (χ3v) is 4.05. The van der Waals surface area contributed by atoms with Gasteiger partial charge in [0.25, 0.3) is 0 Å². The second-order valence-corrected chi connectivity index (χ2v) is 5.77. The SMILES string of the molecule is CCCNc1c2c(nc3c(F)cc(Cl)cc13)CCCC2. The van der Waals surface area contributed by atoms with E-state index in [1.54, 1.807) is 0 Å². The molecule has 0 spiro atoms. The number of rotatable bonds is 3. The van der Waals surface area contributed by atoms with Gasteiger partial charge in [0.1, 0.15) is 5.52 Å². The Morgan fingerprint density at radius 2 is 2.10 bits per heavy atom. The zero-order valence-corrected chi connectivity index (χ0v) is 12.4. The van der Waals surface area contributed by atoms with E-state index in [-0.39, 0.29) is 5.82 Å². The first kappa shape index (κ1) is 13.6. The van der Waals surface area contributed by atoms with Crippen molar-refractivity contribution in [3.05, 3.63) is 34.2 Å². The van der Waals surface area contributed by atoms with Gasteiger partial charge in [0, 0.05) is 28.3 Å². The number of aromatic nitrogens is 1. The van der Waals surface area contributed by atoms with Crippen molar-refractivity contribution in [2.75, 3.05) is 11.9 Å². The molecule has 2 aromatic rings. The summed E-state index contributed by atoms with van der Waals surface area (Å²) in [6.07, 6.45) is 5.28. The van der Waals surface area contributed by atoms with Crippen molar-refractivity contribution < 1.29 is 4.39 Å². The fourth-order valence-electron chi connectivity index (χ4n) is 2.90. The summed E-state index contributed by atoms with van der Waals surface area (Å²) in [7, 11) is 0. The summed E-state index contributed by atoms with van der Waals surface area (Å²) in [6, 6.07) is 3.16. The van der Waals surface area contributed by atoms with Crippen LogP contribution in [-0.2, 0) is 12.8 Å². The van der Waals surface area contributed by atoms with Gasteiger partial charge in [-0.3, -0.25) is 0 Å². The van der Waals surface area contributed by atoms with E-state index in [0.29, 0.717) is 10.5 Å². The first-order valence-electron chi connectivity index (χ1n) is 7.25. The van der Waals surface area contributed by atoms with E-state index in [1.165, 1.54) is 18.1 Å². The average molecular weight is 293 g/mol. The Morgan fingerprint density at radius 1 is 1.30 bits per heavy atom. The number of pyridine rings is 1. The van der Waals surface area contributed by atoms with E-state index in [1.807, 2.05) is 6.07 Å². The van der Waals surface area contributed by atoms with Crippen molar-refractivity contribution >= 4 is 28.2 Å². The van der Waals surface area contributed by atoms with E-state index >= 15 is 0 Å². The van der Waals surface area contributed by atoms with Gasteiger partial charge in [-0.2, -0.15) is 0 Å². The number of anilines is 1. The maximum atomic E-state index is 14.1. The molecule has 1 aliphatic rings. The van der Waals surface area contributed by atoms with Gasteiger partial charge in [0.2, 0.25) is 0 Å². The molecule has 0 radical (unpaired) electrons. The van der Waals surface area contributed by atoms with Crippen LogP contribution in [0.2, 0.25) is 5.02 Å². The molecule has 4 heteroatoms. The molecule has 0 saturated carbocycles. The summed E-state index contributed by atoms with van der Waals surface area (Å²) in [5.41, 5.74) is 3.77. The largest absolute Gasteiger partial charge is 0.384 e. The van der Waals surface area contributed by atoms with Gasteiger partial charge in [0.05, 0.1) is 0 Å². The lowest BCUT2D eigenvalue weighted by atomic mass is 9.92. The number of nitrogens with zero attached hydrogens (tertiary/aromatic N) is 1. The van der Waals surface area contributed by atoms with Crippen LogP contribution >= 0.6 is 11.6 Å². The Balaban J connectivity index is 2.27. The van der Waals surface area contributed by atoms with E-state index in [4.69, 9.17) is 11.6 Å². The fraction of sp³-hybridized carbons (Fsp3) is 0.438. The zero-order valence-electron chi connectivity index (χ0n) is 11.6. The molecule has 0 atom stereocenters. The van der Waals surface area contributed by atoms with Crippen LogP contribution in [0.4, 0.5) is 10.1 Å². The highest BCUT2D eigenvalue weighted by Crippen LogP contribution is 2.35. The number of aryl methyl sites for hydroxylation is 1. The number of nitrogens with one attached hydrogen (secondary N) is 1. The van der Waals surface area contributed by atoms with Crippen LogP contribution < -0.4 is 5.32 Å². The van der Waals surface area contributed by atoms with Crippen molar-refractivity contribution in [2.45, 2.75) is 39.0 Å². The molecule has 1 N–H and O–H groups in total. The van der Waals surface area contributed by atoms with Gasteiger partial charge in [-0.1, -0.05) is 18.5 Å². The van der Waals surface area contributed by atoms with Gasteiger partial charge in [0.15, 0.2) is 5.82 Å².